The van der Waals surface area contributed by atoms with Crippen LogP contribution in [0.3, 0.4) is 0 Å². The Kier molecular flexibility index (Phi) is 4.34. The highest BCUT2D eigenvalue weighted by Crippen LogP contribution is 2.10. The molecule has 20 heavy (non-hydrogen) atoms. The van der Waals surface area contributed by atoms with Crippen LogP contribution in [-0.2, 0) is 15.0 Å². The zero-order chi connectivity index (χ0) is 15.5. The van der Waals surface area contributed by atoms with Crippen LogP contribution in [0.15, 0.2) is 0 Å². The molecule has 0 saturated carbocycles. The fourth-order valence-corrected chi connectivity index (χ4v) is 1.97. The third-order valence-electron chi connectivity index (χ3n) is 2.15. The fraction of sp³-hybridized carbons (Fsp3) is 0.429. The summed E-state index contributed by atoms with van der Waals surface area (Å²) in [6.07, 6.45) is -1.45. The third kappa shape index (κ3) is 3.71. The van der Waals surface area contributed by atoms with Crippen LogP contribution in [0, 0.1) is 0 Å². The van der Waals surface area contributed by atoms with E-state index in [4.69, 9.17) is 5.11 Å². The van der Waals surface area contributed by atoms with E-state index in [1.807, 2.05) is 10.6 Å². The minimum atomic E-state index is -4.47. The van der Waals surface area contributed by atoms with Gasteiger partial charge < -0.3 is 15.7 Å². The number of carboxylic acid groups (broad SMARTS) is 1. The van der Waals surface area contributed by atoms with Gasteiger partial charge >= 0.3 is 28.4 Å². The minimum Gasteiger partial charge on any atom is -0.465 e. The zero-order valence-electron chi connectivity index (χ0n) is 10.0. The Bertz CT molecular complexity index is 558. The molecule has 1 aliphatic rings. The van der Waals surface area contributed by atoms with E-state index in [9.17, 15) is 27.6 Å². The number of carbonyl (C=O) groups is 4. The molecule has 6 amide bonds. The van der Waals surface area contributed by atoms with Crippen molar-refractivity contribution in [1.82, 2.24) is 25.0 Å². The van der Waals surface area contributed by atoms with Gasteiger partial charge in [0.05, 0.1) is 6.54 Å². The molecule has 112 valence electrons. The Morgan fingerprint density at radius 1 is 1.30 bits per heavy atom. The van der Waals surface area contributed by atoms with Crippen molar-refractivity contribution in [3.05, 3.63) is 0 Å². The number of carbonyl (C=O) groups excluding carboxylic acids is 3. The molecule has 0 aliphatic carbocycles. The molecule has 0 spiro atoms. The molecule has 5 N–H and O–H groups in total. The van der Waals surface area contributed by atoms with Crippen LogP contribution in [0.1, 0.15) is 0 Å². The first kappa shape index (κ1) is 15.5. The average Bonchev–Trinajstić information content (AvgIpc) is 2.31. The number of β-lactam (4-membered cyclic amide) rings is 1. The van der Waals surface area contributed by atoms with Gasteiger partial charge in [0.1, 0.15) is 6.04 Å². The van der Waals surface area contributed by atoms with Crippen molar-refractivity contribution in [3.8, 4) is 0 Å². The predicted molar refractivity (Wildman–Crippen MR) is 61.7 cm³/mol. The lowest BCUT2D eigenvalue weighted by Crippen LogP contribution is -2.67. The maximum Gasteiger partial charge on any atom is 0.405 e. The number of hydrogen-bond donors (Lipinski definition) is 5. The highest BCUT2D eigenvalue weighted by Gasteiger charge is 2.42. The van der Waals surface area contributed by atoms with Gasteiger partial charge in [0, 0.05) is 7.05 Å². The first-order valence-corrected chi connectivity index (χ1v) is 6.51. The quantitative estimate of drug-likeness (QED) is 0.354. The molecule has 12 nitrogen and oxygen atoms in total. The van der Waals surface area contributed by atoms with E-state index < -0.39 is 40.3 Å². The Hall–Kier alpha value is -2.57. The second-order valence-corrected chi connectivity index (χ2v) is 4.96. The summed E-state index contributed by atoms with van der Waals surface area (Å²) in [4.78, 5) is 44.3. The molecule has 0 aromatic heterocycles. The zero-order valence-corrected chi connectivity index (χ0v) is 10.9. The molecule has 1 atom stereocenters. The van der Waals surface area contributed by atoms with Gasteiger partial charge in [-0.2, -0.15) is 8.42 Å². The normalized spacial score (nSPS) is 17.8. The molecular formula is C7H11N5O7S. The summed E-state index contributed by atoms with van der Waals surface area (Å²) in [5.41, 5.74) is 0. The van der Waals surface area contributed by atoms with Gasteiger partial charge in [-0.3, -0.25) is 9.69 Å². The molecule has 13 heteroatoms. The Morgan fingerprint density at radius 3 is 2.35 bits per heavy atom. The summed E-state index contributed by atoms with van der Waals surface area (Å²) in [5.74, 6) is -0.903. The van der Waals surface area contributed by atoms with E-state index in [1.165, 1.54) is 9.44 Å². The molecule has 0 bridgehead atoms. The van der Waals surface area contributed by atoms with Crippen molar-refractivity contribution in [2.45, 2.75) is 6.04 Å². The van der Waals surface area contributed by atoms with E-state index in [-0.39, 0.29) is 6.54 Å². The Morgan fingerprint density at radius 2 is 1.90 bits per heavy atom. The molecule has 0 aromatic carbocycles. The number of urea groups is 2. The van der Waals surface area contributed by atoms with Gasteiger partial charge in [-0.1, -0.05) is 0 Å². The number of imide groups is 1. The number of hydrogen-bond acceptors (Lipinski definition) is 6. The van der Waals surface area contributed by atoms with Gasteiger partial charge in [0.15, 0.2) is 0 Å². The summed E-state index contributed by atoms with van der Waals surface area (Å²) < 4.78 is 25.4. The van der Waals surface area contributed by atoms with Crippen LogP contribution >= 0.6 is 0 Å². The first-order chi connectivity index (χ1) is 9.16. The van der Waals surface area contributed by atoms with Crippen molar-refractivity contribution in [3.63, 3.8) is 0 Å². The minimum absolute atomic E-state index is 0.313. The highest BCUT2D eigenvalue weighted by molar-refractivity contribution is 7.88. The number of amides is 6. The van der Waals surface area contributed by atoms with Gasteiger partial charge in [-0.15, -0.1) is 0 Å². The van der Waals surface area contributed by atoms with Crippen molar-refractivity contribution < 1.29 is 32.7 Å². The summed E-state index contributed by atoms with van der Waals surface area (Å²) in [7, 11) is -3.31. The van der Waals surface area contributed by atoms with Crippen LogP contribution in [0.5, 0.6) is 0 Å². The highest BCUT2D eigenvalue weighted by atomic mass is 32.2. The van der Waals surface area contributed by atoms with Crippen molar-refractivity contribution in [1.29, 1.82) is 0 Å². The summed E-state index contributed by atoms with van der Waals surface area (Å²) in [6.45, 7) is -0.313. The lowest BCUT2D eigenvalue weighted by molar-refractivity contribution is -0.138. The van der Waals surface area contributed by atoms with Gasteiger partial charge in [-0.25, -0.2) is 23.8 Å². The van der Waals surface area contributed by atoms with E-state index in [1.54, 1.807) is 0 Å². The number of rotatable bonds is 3. The molecule has 1 fully saturated rings. The maximum absolute atomic E-state index is 11.4. The predicted octanol–water partition coefficient (Wildman–Crippen LogP) is -2.65. The standard InChI is InChI=1S/C7H11N5O7S/c1-8-5(14)10-20(18,19)11-6(15)12-2-3(4(12)13)9-7(16)17/h3,9H,2H2,1H3,(H,11,15)(H,16,17)(H2,8,10,14). The van der Waals surface area contributed by atoms with Crippen LogP contribution in [-0.4, -0.2) is 62.1 Å². The van der Waals surface area contributed by atoms with Crippen molar-refractivity contribution in [2.24, 2.45) is 0 Å². The number of nitrogens with one attached hydrogen (secondary N) is 4. The SMILES string of the molecule is CNC(=O)NS(=O)(=O)NC(=O)N1CC(NC(=O)O)C1=O. The molecular weight excluding hydrogens is 298 g/mol. The lowest BCUT2D eigenvalue weighted by Gasteiger charge is -2.35. The van der Waals surface area contributed by atoms with Gasteiger partial charge in [-0.05, 0) is 0 Å². The van der Waals surface area contributed by atoms with Crippen LogP contribution in [0.2, 0.25) is 0 Å². The topological polar surface area (TPSA) is 174 Å². The third-order valence-corrected chi connectivity index (χ3v) is 3.05. The van der Waals surface area contributed by atoms with E-state index in [2.05, 4.69) is 0 Å². The van der Waals surface area contributed by atoms with Gasteiger partial charge in [0.2, 0.25) is 0 Å². The number of nitrogens with zero attached hydrogens (tertiary/aromatic N) is 1. The van der Waals surface area contributed by atoms with Crippen molar-refractivity contribution >= 4 is 34.3 Å². The fourth-order valence-electron chi connectivity index (χ4n) is 1.23. The van der Waals surface area contributed by atoms with E-state index in [0.29, 0.717) is 4.90 Å². The average molecular weight is 309 g/mol. The largest absolute Gasteiger partial charge is 0.465 e. The second-order valence-electron chi connectivity index (χ2n) is 3.54. The molecule has 1 heterocycles. The molecule has 1 rings (SSSR count). The first-order valence-electron chi connectivity index (χ1n) is 5.03. The van der Waals surface area contributed by atoms with Crippen molar-refractivity contribution in [2.75, 3.05) is 13.6 Å². The Labute approximate surface area is 112 Å². The smallest absolute Gasteiger partial charge is 0.405 e. The molecule has 1 unspecified atom stereocenters. The van der Waals surface area contributed by atoms with E-state index >= 15 is 0 Å². The Balaban J connectivity index is 2.55. The summed E-state index contributed by atoms with van der Waals surface area (Å²) in [5, 5.41) is 12.2. The summed E-state index contributed by atoms with van der Waals surface area (Å²) >= 11 is 0. The molecule has 1 aliphatic heterocycles. The molecule has 0 radical (unpaired) electrons. The van der Waals surface area contributed by atoms with Gasteiger partial charge in [0.25, 0.3) is 5.91 Å². The van der Waals surface area contributed by atoms with E-state index in [0.717, 1.165) is 7.05 Å². The monoisotopic (exact) mass is 309 g/mol. The lowest BCUT2D eigenvalue weighted by atomic mass is 10.1. The maximum atomic E-state index is 11.4. The molecule has 1 saturated heterocycles. The molecule has 0 aromatic rings. The number of likely N-dealkylation sites (tertiary alicyclic amines) is 1. The van der Waals surface area contributed by atoms with Crippen LogP contribution in [0.4, 0.5) is 14.4 Å². The summed E-state index contributed by atoms with van der Waals surface area (Å²) in [6, 6.07) is -3.48. The van der Waals surface area contributed by atoms with Crippen LogP contribution < -0.4 is 20.1 Å². The second kappa shape index (κ2) is 5.60. The van der Waals surface area contributed by atoms with Crippen LogP contribution in [0.25, 0.3) is 0 Å².